The van der Waals surface area contributed by atoms with Gasteiger partial charge in [-0.3, -0.25) is 0 Å². The lowest BCUT2D eigenvalue weighted by atomic mass is 9.72. The molecule has 0 atom stereocenters. The van der Waals surface area contributed by atoms with Crippen LogP contribution in [-0.2, 0) is 16.9 Å². The van der Waals surface area contributed by atoms with E-state index >= 15 is 0 Å². The number of benzene rings is 2. The standard InChI is InChI=1S/C19H19NO3/c1-22-18-12-16(19(20-14-21)10-5-11-19)8-9-17(18)23-13-15-6-3-2-4-7-15/h2-4,6-9,12H,5,10-11,13H2,1H3. The topological polar surface area (TPSA) is 47.9 Å². The second kappa shape index (κ2) is 6.67. The molecule has 23 heavy (non-hydrogen) atoms. The first-order valence-electron chi connectivity index (χ1n) is 7.72. The lowest BCUT2D eigenvalue weighted by molar-refractivity contribution is 0.252. The fraction of sp³-hybridized carbons (Fsp3) is 0.316. The Morgan fingerprint density at radius 1 is 1.13 bits per heavy atom. The highest BCUT2D eigenvalue weighted by Gasteiger charge is 2.39. The van der Waals surface area contributed by atoms with Gasteiger partial charge in [0.25, 0.3) is 0 Å². The molecular weight excluding hydrogens is 290 g/mol. The molecule has 0 N–H and O–H groups in total. The molecular formula is C19H19NO3. The molecule has 1 aliphatic carbocycles. The summed E-state index contributed by atoms with van der Waals surface area (Å²) in [5.41, 5.74) is 1.66. The highest BCUT2D eigenvalue weighted by atomic mass is 16.5. The van der Waals surface area contributed by atoms with Crippen molar-refractivity contribution >= 4 is 6.08 Å². The Labute approximate surface area is 135 Å². The maximum Gasteiger partial charge on any atom is 0.235 e. The fourth-order valence-electron chi connectivity index (χ4n) is 2.88. The number of methoxy groups -OCH3 is 1. The van der Waals surface area contributed by atoms with Crippen molar-refractivity contribution in [3.8, 4) is 11.5 Å². The molecule has 2 aromatic carbocycles. The largest absolute Gasteiger partial charge is 0.493 e. The quantitative estimate of drug-likeness (QED) is 0.599. The summed E-state index contributed by atoms with van der Waals surface area (Å²) >= 11 is 0. The molecule has 0 amide bonds. The van der Waals surface area contributed by atoms with E-state index < -0.39 is 5.54 Å². The summed E-state index contributed by atoms with van der Waals surface area (Å²) in [6.07, 6.45) is 4.52. The number of aliphatic imine (C=N–C) groups is 1. The Balaban J connectivity index is 1.81. The molecule has 0 unspecified atom stereocenters. The van der Waals surface area contributed by atoms with Crippen LogP contribution in [-0.4, -0.2) is 13.2 Å². The average molecular weight is 309 g/mol. The van der Waals surface area contributed by atoms with Gasteiger partial charge in [-0.1, -0.05) is 36.4 Å². The van der Waals surface area contributed by atoms with Crippen LogP contribution in [0.4, 0.5) is 0 Å². The van der Waals surface area contributed by atoms with E-state index in [1.54, 1.807) is 13.2 Å². The Hall–Kier alpha value is -2.58. The molecule has 2 aromatic rings. The molecule has 0 bridgehead atoms. The van der Waals surface area contributed by atoms with Crippen LogP contribution in [0.15, 0.2) is 53.5 Å². The van der Waals surface area contributed by atoms with Gasteiger partial charge in [0.15, 0.2) is 11.5 Å². The SMILES string of the molecule is COc1cc(C2(N=C=O)CCC2)ccc1OCc1ccccc1. The zero-order chi connectivity index (χ0) is 16.1. The number of hydrogen-bond donors (Lipinski definition) is 0. The molecule has 0 aromatic heterocycles. The highest BCUT2D eigenvalue weighted by molar-refractivity contribution is 5.47. The predicted octanol–water partition coefficient (Wildman–Crippen LogP) is 3.99. The van der Waals surface area contributed by atoms with Gasteiger partial charge in [-0.15, -0.1) is 0 Å². The van der Waals surface area contributed by atoms with Gasteiger partial charge in [0.1, 0.15) is 6.61 Å². The van der Waals surface area contributed by atoms with E-state index in [0.717, 1.165) is 30.4 Å². The van der Waals surface area contributed by atoms with E-state index in [1.165, 1.54) is 0 Å². The van der Waals surface area contributed by atoms with Gasteiger partial charge in [-0.05, 0) is 42.5 Å². The summed E-state index contributed by atoms with van der Waals surface area (Å²) in [6, 6.07) is 15.7. The average Bonchev–Trinajstić information content (AvgIpc) is 2.57. The molecule has 0 spiro atoms. The van der Waals surface area contributed by atoms with Crippen molar-refractivity contribution in [1.82, 2.24) is 0 Å². The Bertz CT molecular complexity index is 717. The first kappa shape index (κ1) is 15.3. The second-order valence-corrected chi connectivity index (χ2v) is 5.73. The predicted molar refractivity (Wildman–Crippen MR) is 87.4 cm³/mol. The van der Waals surface area contributed by atoms with Crippen molar-refractivity contribution in [3.05, 3.63) is 59.7 Å². The van der Waals surface area contributed by atoms with Crippen LogP contribution in [0.2, 0.25) is 0 Å². The first-order valence-corrected chi connectivity index (χ1v) is 7.72. The van der Waals surface area contributed by atoms with Crippen LogP contribution in [0.25, 0.3) is 0 Å². The lowest BCUT2D eigenvalue weighted by Gasteiger charge is -2.37. The van der Waals surface area contributed by atoms with E-state index in [9.17, 15) is 4.79 Å². The normalized spacial score (nSPS) is 15.2. The minimum absolute atomic E-state index is 0.424. The van der Waals surface area contributed by atoms with Crippen molar-refractivity contribution in [2.24, 2.45) is 4.99 Å². The van der Waals surface area contributed by atoms with E-state index in [2.05, 4.69) is 4.99 Å². The number of nitrogens with zero attached hydrogens (tertiary/aromatic N) is 1. The summed E-state index contributed by atoms with van der Waals surface area (Å²) in [5, 5.41) is 0. The van der Waals surface area contributed by atoms with Crippen LogP contribution in [0.3, 0.4) is 0 Å². The maximum absolute atomic E-state index is 10.7. The van der Waals surface area contributed by atoms with Gasteiger partial charge >= 0.3 is 0 Å². The molecule has 1 aliphatic rings. The van der Waals surface area contributed by atoms with Gasteiger partial charge in [-0.2, -0.15) is 4.99 Å². The number of isocyanates is 1. The van der Waals surface area contributed by atoms with Crippen molar-refractivity contribution in [3.63, 3.8) is 0 Å². The van der Waals surface area contributed by atoms with Crippen molar-refractivity contribution in [1.29, 1.82) is 0 Å². The summed E-state index contributed by atoms with van der Waals surface area (Å²) in [6.45, 7) is 0.480. The molecule has 4 nitrogen and oxygen atoms in total. The molecule has 0 aliphatic heterocycles. The minimum Gasteiger partial charge on any atom is -0.493 e. The van der Waals surface area contributed by atoms with Gasteiger partial charge in [0, 0.05) is 0 Å². The fourth-order valence-corrected chi connectivity index (χ4v) is 2.88. The first-order chi connectivity index (χ1) is 11.3. The summed E-state index contributed by atoms with van der Waals surface area (Å²) in [4.78, 5) is 14.7. The van der Waals surface area contributed by atoms with E-state index in [0.29, 0.717) is 18.1 Å². The van der Waals surface area contributed by atoms with E-state index in [1.807, 2.05) is 48.5 Å². The molecule has 118 valence electrons. The maximum atomic E-state index is 10.7. The van der Waals surface area contributed by atoms with Crippen LogP contribution >= 0.6 is 0 Å². The lowest BCUT2D eigenvalue weighted by Crippen LogP contribution is -2.31. The van der Waals surface area contributed by atoms with E-state index in [-0.39, 0.29) is 0 Å². The zero-order valence-corrected chi connectivity index (χ0v) is 13.1. The van der Waals surface area contributed by atoms with Crippen LogP contribution in [0.1, 0.15) is 30.4 Å². The zero-order valence-electron chi connectivity index (χ0n) is 13.1. The number of ether oxygens (including phenoxy) is 2. The Morgan fingerprint density at radius 3 is 2.52 bits per heavy atom. The van der Waals surface area contributed by atoms with E-state index in [4.69, 9.17) is 9.47 Å². The van der Waals surface area contributed by atoms with Crippen LogP contribution < -0.4 is 9.47 Å². The van der Waals surface area contributed by atoms with Gasteiger partial charge < -0.3 is 9.47 Å². The number of hydrogen-bond acceptors (Lipinski definition) is 4. The Morgan fingerprint density at radius 2 is 1.91 bits per heavy atom. The molecule has 1 saturated carbocycles. The third-order valence-corrected chi connectivity index (χ3v) is 4.38. The van der Waals surface area contributed by atoms with Gasteiger partial charge in [0.2, 0.25) is 6.08 Å². The van der Waals surface area contributed by atoms with Crippen LogP contribution in [0.5, 0.6) is 11.5 Å². The Kier molecular flexibility index (Phi) is 4.45. The van der Waals surface area contributed by atoms with Crippen molar-refractivity contribution in [2.45, 2.75) is 31.4 Å². The summed E-state index contributed by atoms with van der Waals surface area (Å²) in [5.74, 6) is 1.34. The molecule has 3 rings (SSSR count). The highest BCUT2D eigenvalue weighted by Crippen LogP contribution is 2.46. The monoisotopic (exact) mass is 309 g/mol. The second-order valence-electron chi connectivity index (χ2n) is 5.73. The van der Waals surface area contributed by atoms with Crippen molar-refractivity contribution < 1.29 is 14.3 Å². The van der Waals surface area contributed by atoms with Gasteiger partial charge in [-0.25, -0.2) is 4.79 Å². The molecule has 0 radical (unpaired) electrons. The molecule has 1 fully saturated rings. The summed E-state index contributed by atoms with van der Waals surface area (Å²) < 4.78 is 11.3. The smallest absolute Gasteiger partial charge is 0.235 e. The van der Waals surface area contributed by atoms with Crippen LogP contribution in [0, 0.1) is 0 Å². The summed E-state index contributed by atoms with van der Waals surface area (Å²) in [7, 11) is 1.62. The van der Waals surface area contributed by atoms with Gasteiger partial charge in [0.05, 0.1) is 12.6 Å². The third kappa shape index (κ3) is 3.13. The molecule has 0 heterocycles. The van der Waals surface area contributed by atoms with Crippen molar-refractivity contribution in [2.75, 3.05) is 7.11 Å². The molecule has 4 heteroatoms. The molecule has 0 saturated heterocycles. The number of rotatable bonds is 6. The number of carbonyl (C=O) groups excluding carboxylic acids is 1. The third-order valence-electron chi connectivity index (χ3n) is 4.38. The minimum atomic E-state index is -0.424.